The van der Waals surface area contributed by atoms with Crippen LogP contribution in [0.3, 0.4) is 0 Å². The van der Waals surface area contributed by atoms with Crippen molar-refractivity contribution in [2.24, 2.45) is 0 Å². The van der Waals surface area contributed by atoms with Crippen molar-refractivity contribution in [1.29, 1.82) is 5.41 Å². The molecule has 2 aromatic heterocycles. The Morgan fingerprint density at radius 2 is 1.73 bits per heavy atom. The van der Waals surface area contributed by atoms with Crippen molar-refractivity contribution in [3.8, 4) is 16.9 Å². The lowest BCUT2D eigenvalue weighted by atomic mass is 9.98. The van der Waals surface area contributed by atoms with Crippen molar-refractivity contribution in [2.45, 2.75) is 19.6 Å². The Morgan fingerprint density at radius 1 is 0.977 bits per heavy atom. The number of fused-ring (bicyclic) bond motifs is 1. The minimum absolute atomic E-state index is 0.0951. The van der Waals surface area contributed by atoms with Crippen molar-refractivity contribution in [3.63, 3.8) is 0 Å². The average molecular weight is 586 g/mol. The van der Waals surface area contributed by atoms with Gasteiger partial charge in [-0.05, 0) is 66.6 Å². The van der Waals surface area contributed by atoms with Gasteiger partial charge in [-0.15, -0.1) is 0 Å². The van der Waals surface area contributed by atoms with E-state index in [9.17, 15) is 9.18 Å². The molecule has 6 rings (SSSR count). The lowest BCUT2D eigenvalue weighted by Gasteiger charge is -2.20. The number of nitrogen functional groups attached to an aromatic ring is 1. The van der Waals surface area contributed by atoms with Gasteiger partial charge < -0.3 is 20.2 Å². The molecule has 44 heavy (non-hydrogen) atoms. The summed E-state index contributed by atoms with van der Waals surface area (Å²) in [7, 11) is 0. The topological polar surface area (TPSA) is 127 Å². The molecule has 0 aliphatic heterocycles. The van der Waals surface area contributed by atoms with Crippen LogP contribution in [0.4, 0.5) is 16.0 Å². The molecule has 0 saturated heterocycles. The Bertz CT molecular complexity index is 2030. The van der Waals surface area contributed by atoms with Gasteiger partial charge in [0.1, 0.15) is 47.5 Å². The van der Waals surface area contributed by atoms with Crippen LogP contribution in [0.1, 0.15) is 35.4 Å². The molecular formula is C35H28FN5O3. The van der Waals surface area contributed by atoms with Crippen molar-refractivity contribution in [3.05, 3.63) is 148 Å². The van der Waals surface area contributed by atoms with E-state index in [0.29, 0.717) is 34.5 Å². The van der Waals surface area contributed by atoms with Gasteiger partial charge >= 0.3 is 0 Å². The number of nitrogens with two attached hydrogens (primary N) is 1. The summed E-state index contributed by atoms with van der Waals surface area (Å²) in [5.74, 6) is 0.854. The van der Waals surface area contributed by atoms with Crippen LogP contribution in [0.25, 0.3) is 22.1 Å². The molecule has 0 amide bonds. The second-order valence-corrected chi connectivity index (χ2v) is 10.2. The summed E-state index contributed by atoms with van der Waals surface area (Å²) >= 11 is 0. The highest BCUT2D eigenvalue weighted by Gasteiger charge is 2.24. The first-order chi connectivity index (χ1) is 21.4. The van der Waals surface area contributed by atoms with Gasteiger partial charge in [0, 0.05) is 5.56 Å². The molecule has 8 nitrogen and oxygen atoms in total. The zero-order valence-electron chi connectivity index (χ0n) is 23.8. The number of ether oxygens (including phenoxy) is 1. The van der Waals surface area contributed by atoms with Gasteiger partial charge in [-0.3, -0.25) is 10.2 Å². The van der Waals surface area contributed by atoms with E-state index in [2.05, 4.69) is 15.3 Å². The van der Waals surface area contributed by atoms with E-state index in [1.54, 1.807) is 67.6 Å². The molecule has 0 bridgehead atoms. The molecular weight excluding hydrogens is 557 g/mol. The predicted molar refractivity (Wildman–Crippen MR) is 170 cm³/mol. The second-order valence-electron chi connectivity index (χ2n) is 10.2. The monoisotopic (exact) mass is 585 g/mol. The van der Waals surface area contributed by atoms with Gasteiger partial charge in [0.15, 0.2) is 0 Å². The number of para-hydroxylation sites is 1. The third-order valence-electron chi connectivity index (χ3n) is 7.20. The molecule has 2 heterocycles. The molecule has 0 fully saturated rings. The number of hydrogen-bond acceptors (Lipinski definition) is 8. The number of nitrogens with one attached hydrogen (secondary N) is 2. The fourth-order valence-corrected chi connectivity index (χ4v) is 5.01. The van der Waals surface area contributed by atoms with E-state index in [-0.39, 0.29) is 39.7 Å². The van der Waals surface area contributed by atoms with Crippen LogP contribution in [-0.2, 0) is 6.61 Å². The van der Waals surface area contributed by atoms with Crippen molar-refractivity contribution >= 4 is 28.3 Å². The predicted octanol–water partition coefficient (Wildman–Crippen LogP) is 7.14. The van der Waals surface area contributed by atoms with Gasteiger partial charge in [0.05, 0.1) is 28.3 Å². The first-order valence-corrected chi connectivity index (χ1v) is 13.9. The number of hydrogen-bond donors (Lipinski definition) is 3. The molecule has 0 spiro atoms. The third-order valence-corrected chi connectivity index (χ3v) is 7.20. The molecule has 218 valence electrons. The van der Waals surface area contributed by atoms with Crippen LogP contribution in [0, 0.1) is 11.2 Å². The summed E-state index contributed by atoms with van der Waals surface area (Å²) in [5, 5.41) is 12.6. The summed E-state index contributed by atoms with van der Waals surface area (Å²) in [4.78, 5) is 22.2. The van der Waals surface area contributed by atoms with E-state index in [1.165, 1.54) is 18.5 Å². The van der Waals surface area contributed by atoms with Crippen molar-refractivity contribution in [2.75, 3.05) is 11.1 Å². The van der Waals surface area contributed by atoms with E-state index in [1.807, 2.05) is 30.3 Å². The van der Waals surface area contributed by atoms with Crippen LogP contribution >= 0.6 is 0 Å². The summed E-state index contributed by atoms with van der Waals surface area (Å²) < 4.78 is 26.4. The van der Waals surface area contributed by atoms with Crippen LogP contribution < -0.4 is 21.2 Å². The summed E-state index contributed by atoms with van der Waals surface area (Å²) in [5.41, 5.74) is 9.01. The summed E-state index contributed by atoms with van der Waals surface area (Å²) in [6.45, 7) is 2.21. The Kier molecular flexibility index (Phi) is 7.84. The lowest BCUT2D eigenvalue weighted by Crippen LogP contribution is -2.18. The Balaban J connectivity index is 1.32. The van der Waals surface area contributed by atoms with Gasteiger partial charge in [-0.2, -0.15) is 0 Å². The molecule has 1 unspecified atom stereocenters. The SMILES string of the molecule is CC(Nc1ncnc(N)c1C(=N)c1ccc(OCc2ccccc2)cc1)c1oc2ccccc2c(=O)c1-c1cccc(F)c1. The second kappa shape index (κ2) is 12.2. The largest absolute Gasteiger partial charge is 0.489 e. The molecule has 9 heteroatoms. The molecule has 1 atom stereocenters. The van der Waals surface area contributed by atoms with Crippen molar-refractivity contribution in [1.82, 2.24) is 9.97 Å². The maximum Gasteiger partial charge on any atom is 0.200 e. The molecule has 4 aromatic carbocycles. The van der Waals surface area contributed by atoms with E-state index in [4.69, 9.17) is 20.3 Å². The van der Waals surface area contributed by atoms with Gasteiger partial charge in [0.2, 0.25) is 5.43 Å². The maximum atomic E-state index is 14.3. The molecule has 4 N–H and O–H groups in total. The highest BCUT2D eigenvalue weighted by molar-refractivity contribution is 6.16. The van der Waals surface area contributed by atoms with Gasteiger partial charge in [0.25, 0.3) is 0 Å². The first-order valence-electron chi connectivity index (χ1n) is 13.9. The van der Waals surface area contributed by atoms with E-state index < -0.39 is 11.9 Å². The molecule has 0 saturated carbocycles. The number of nitrogens with zero attached hydrogens (tertiary/aromatic N) is 2. The average Bonchev–Trinajstić information content (AvgIpc) is 3.04. The molecule has 0 aliphatic carbocycles. The fraction of sp³-hybridized carbons (Fsp3) is 0.0857. The van der Waals surface area contributed by atoms with Gasteiger partial charge in [-0.1, -0.05) is 54.6 Å². The lowest BCUT2D eigenvalue weighted by molar-refractivity contribution is 0.306. The smallest absolute Gasteiger partial charge is 0.200 e. The summed E-state index contributed by atoms with van der Waals surface area (Å²) in [6, 6.07) is 29.1. The van der Waals surface area contributed by atoms with E-state index in [0.717, 1.165) is 5.56 Å². The molecule has 0 radical (unpaired) electrons. The fourth-order valence-electron chi connectivity index (χ4n) is 5.01. The maximum absolute atomic E-state index is 14.3. The number of halogens is 1. The molecule has 6 aromatic rings. The zero-order valence-corrected chi connectivity index (χ0v) is 23.8. The number of rotatable bonds is 9. The van der Waals surface area contributed by atoms with Crippen LogP contribution in [-0.4, -0.2) is 15.7 Å². The Morgan fingerprint density at radius 3 is 2.50 bits per heavy atom. The Hall–Kier alpha value is -5.83. The number of anilines is 2. The van der Waals surface area contributed by atoms with E-state index >= 15 is 0 Å². The van der Waals surface area contributed by atoms with Crippen molar-refractivity contribution < 1.29 is 13.5 Å². The first kappa shape index (κ1) is 28.3. The van der Waals surface area contributed by atoms with Crippen LogP contribution in [0.2, 0.25) is 0 Å². The van der Waals surface area contributed by atoms with Crippen LogP contribution in [0.5, 0.6) is 5.75 Å². The highest BCUT2D eigenvalue weighted by atomic mass is 19.1. The normalized spacial score (nSPS) is 11.7. The van der Waals surface area contributed by atoms with Crippen LogP contribution in [0.15, 0.2) is 119 Å². The molecule has 0 aliphatic rings. The standard InChI is InChI=1S/C35H28FN5O3/c1-21(33-29(24-10-7-11-25(36)18-24)32(42)27-12-5-6-13-28(27)44-33)41-35-30(34(38)39-20-40-35)31(37)23-14-16-26(17-15-23)43-19-22-8-3-2-4-9-22/h2-18,20-21,37H,19H2,1H3,(H3,38,39,40,41). The van der Waals surface area contributed by atoms with Gasteiger partial charge in [-0.25, -0.2) is 14.4 Å². The minimum Gasteiger partial charge on any atom is -0.489 e. The quantitative estimate of drug-likeness (QED) is 0.154. The Labute approximate surface area is 252 Å². The minimum atomic E-state index is -0.639. The zero-order chi connectivity index (χ0) is 30.6. The number of benzene rings is 4. The third kappa shape index (κ3) is 5.76. The summed E-state index contributed by atoms with van der Waals surface area (Å²) in [6.07, 6.45) is 1.30. The number of aromatic nitrogens is 2. The highest BCUT2D eigenvalue weighted by Crippen LogP contribution is 2.32.